The third-order valence-electron chi connectivity index (χ3n) is 5.67. The predicted molar refractivity (Wildman–Crippen MR) is 136 cm³/mol. The van der Waals surface area contributed by atoms with E-state index in [4.69, 9.17) is 0 Å². The first-order valence-electron chi connectivity index (χ1n) is 11.8. The van der Waals surface area contributed by atoms with Crippen LogP contribution in [0.4, 0.5) is 42.5 Å². The van der Waals surface area contributed by atoms with Gasteiger partial charge in [0.1, 0.15) is 11.5 Å². The number of nitrogens with one attached hydrogen (secondary N) is 2. The number of halogens is 6. The van der Waals surface area contributed by atoms with Crippen molar-refractivity contribution in [2.24, 2.45) is 0 Å². The summed E-state index contributed by atoms with van der Waals surface area (Å²) in [5.74, 6) is -3.66. The molecule has 0 aromatic heterocycles. The van der Waals surface area contributed by atoms with Gasteiger partial charge in [0.15, 0.2) is 11.6 Å². The van der Waals surface area contributed by atoms with Crippen molar-refractivity contribution < 1.29 is 39.6 Å². The number of carbonyl (C=O) groups is 1. The Morgan fingerprint density at radius 1 is 0.923 bits per heavy atom. The molecule has 2 N–H and O–H groups in total. The van der Waals surface area contributed by atoms with Crippen molar-refractivity contribution in [3.63, 3.8) is 0 Å². The Labute approximate surface area is 221 Å². The van der Waals surface area contributed by atoms with Crippen molar-refractivity contribution in [3.8, 4) is 11.1 Å². The molecule has 3 aromatic carbocycles. The van der Waals surface area contributed by atoms with E-state index in [1.165, 1.54) is 41.3 Å². The minimum Gasteiger partial charge on any atom is -0.320 e. The predicted octanol–water partition coefficient (Wildman–Crippen LogP) is 7.26. The van der Waals surface area contributed by atoms with E-state index in [0.29, 0.717) is 29.7 Å². The van der Waals surface area contributed by atoms with Crippen LogP contribution in [0.15, 0.2) is 60.7 Å². The standard InChI is InChI=1S/C26H25F6N3O3S/c1-2-3-6-13-35(25(36)33-24-21(28)14-19(27)15-22(24)29)16-17-9-11-18(12-10-17)20-7-4-5-8-23(20)34-39(37,38)26(30,31)32/h4-5,7-12,14-15,34H,2-3,6,13,16H2,1H3,(H,33,36). The first-order chi connectivity index (χ1) is 18.3. The number of rotatable bonds is 10. The minimum atomic E-state index is -5.64. The summed E-state index contributed by atoms with van der Waals surface area (Å²) in [4.78, 5) is 14.2. The summed E-state index contributed by atoms with van der Waals surface area (Å²) >= 11 is 0. The van der Waals surface area contributed by atoms with E-state index in [2.05, 4.69) is 5.32 Å². The zero-order valence-corrected chi connectivity index (χ0v) is 21.5. The van der Waals surface area contributed by atoms with Crippen LogP contribution < -0.4 is 10.0 Å². The van der Waals surface area contributed by atoms with Crippen molar-refractivity contribution in [2.75, 3.05) is 16.6 Å². The molecule has 0 radical (unpaired) electrons. The van der Waals surface area contributed by atoms with Gasteiger partial charge in [-0.1, -0.05) is 62.2 Å². The number of anilines is 2. The number of hydrogen-bond donors (Lipinski definition) is 2. The molecule has 0 unspecified atom stereocenters. The van der Waals surface area contributed by atoms with Crippen molar-refractivity contribution >= 4 is 27.4 Å². The highest BCUT2D eigenvalue weighted by Crippen LogP contribution is 2.32. The van der Waals surface area contributed by atoms with Gasteiger partial charge in [0.05, 0.1) is 5.69 Å². The second-order valence-electron chi connectivity index (χ2n) is 8.60. The van der Waals surface area contributed by atoms with E-state index in [-0.39, 0.29) is 24.3 Å². The van der Waals surface area contributed by atoms with Crippen LogP contribution >= 0.6 is 0 Å². The van der Waals surface area contributed by atoms with E-state index in [1.54, 1.807) is 16.9 Å². The number of para-hydroxylation sites is 1. The Kier molecular flexibility index (Phi) is 9.49. The monoisotopic (exact) mass is 573 g/mol. The zero-order valence-electron chi connectivity index (χ0n) is 20.7. The molecule has 3 aromatic rings. The quantitative estimate of drug-likeness (QED) is 0.198. The van der Waals surface area contributed by atoms with E-state index in [9.17, 15) is 39.6 Å². The second kappa shape index (κ2) is 12.4. The van der Waals surface area contributed by atoms with Crippen LogP contribution in [-0.2, 0) is 16.6 Å². The normalized spacial score (nSPS) is 11.8. The Balaban J connectivity index is 1.82. The Morgan fingerprint density at radius 2 is 1.54 bits per heavy atom. The fourth-order valence-electron chi connectivity index (χ4n) is 3.69. The number of unbranched alkanes of at least 4 members (excludes halogenated alkanes) is 2. The SMILES string of the molecule is CCCCCN(Cc1ccc(-c2ccccc2NS(=O)(=O)C(F)(F)F)cc1)C(=O)Nc1c(F)cc(F)cc1F. The highest BCUT2D eigenvalue weighted by Gasteiger charge is 2.46. The average Bonchev–Trinajstić information content (AvgIpc) is 2.85. The summed E-state index contributed by atoms with van der Waals surface area (Å²) in [6.45, 7) is 2.22. The Hall–Kier alpha value is -3.74. The molecule has 210 valence electrons. The number of sulfonamides is 1. The molecule has 6 nitrogen and oxygen atoms in total. The second-order valence-corrected chi connectivity index (χ2v) is 10.3. The van der Waals surface area contributed by atoms with Crippen molar-refractivity contribution in [1.29, 1.82) is 0 Å². The zero-order chi connectivity index (χ0) is 28.8. The maximum Gasteiger partial charge on any atom is 0.516 e. The van der Waals surface area contributed by atoms with E-state index < -0.39 is 44.7 Å². The maximum absolute atomic E-state index is 14.1. The van der Waals surface area contributed by atoms with E-state index >= 15 is 0 Å². The number of carbonyl (C=O) groups excluding carboxylic acids is 1. The summed E-state index contributed by atoms with van der Waals surface area (Å²) in [7, 11) is -5.64. The van der Waals surface area contributed by atoms with Crippen LogP contribution in [0, 0.1) is 17.5 Å². The summed E-state index contributed by atoms with van der Waals surface area (Å²) < 4.78 is 105. The summed E-state index contributed by atoms with van der Waals surface area (Å²) in [6.07, 6.45) is 2.23. The highest BCUT2D eigenvalue weighted by atomic mass is 32.2. The number of alkyl halides is 3. The summed E-state index contributed by atoms with van der Waals surface area (Å²) in [5.41, 5.74) is -5.38. The van der Waals surface area contributed by atoms with Crippen LogP contribution in [0.2, 0.25) is 0 Å². The topological polar surface area (TPSA) is 78.5 Å². The smallest absolute Gasteiger partial charge is 0.320 e. The van der Waals surface area contributed by atoms with Crippen molar-refractivity contribution in [1.82, 2.24) is 4.90 Å². The van der Waals surface area contributed by atoms with Gasteiger partial charge in [-0.3, -0.25) is 4.72 Å². The molecular formula is C26H25F6N3O3S. The number of amides is 2. The fraction of sp³-hybridized carbons (Fsp3) is 0.269. The van der Waals surface area contributed by atoms with Crippen molar-refractivity contribution in [3.05, 3.63) is 83.7 Å². The maximum atomic E-state index is 14.1. The fourth-order valence-corrected chi connectivity index (χ4v) is 4.27. The van der Waals surface area contributed by atoms with Crippen molar-refractivity contribution in [2.45, 2.75) is 38.2 Å². The van der Waals surface area contributed by atoms with E-state index in [0.717, 1.165) is 12.8 Å². The van der Waals surface area contributed by atoms with Crippen LogP contribution in [0.3, 0.4) is 0 Å². The molecular weight excluding hydrogens is 548 g/mol. The molecule has 2 amide bonds. The molecule has 0 heterocycles. The van der Waals surface area contributed by atoms with Gasteiger partial charge in [-0.05, 0) is 23.6 Å². The molecule has 0 aliphatic rings. The lowest BCUT2D eigenvalue weighted by Crippen LogP contribution is -2.35. The van der Waals surface area contributed by atoms with Crippen LogP contribution in [0.5, 0.6) is 0 Å². The first-order valence-corrected chi connectivity index (χ1v) is 13.3. The Bertz CT molecular complexity index is 1390. The third-order valence-corrected chi connectivity index (χ3v) is 6.77. The lowest BCUT2D eigenvalue weighted by Gasteiger charge is -2.24. The van der Waals surface area contributed by atoms with Gasteiger partial charge in [-0.25, -0.2) is 18.0 Å². The molecule has 0 saturated carbocycles. The van der Waals surface area contributed by atoms with Crippen LogP contribution in [0.25, 0.3) is 11.1 Å². The molecule has 0 fully saturated rings. The van der Waals surface area contributed by atoms with Gasteiger partial charge >= 0.3 is 21.6 Å². The van der Waals surface area contributed by atoms with Gasteiger partial charge < -0.3 is 10.2 Å². The molecule has 0 bridgehead atoms. The molecule has 0 spiro atoms. The molecule has 13 heteroatoms. The van der Waals surface area contributed by atoms with Crippen LogP contribution in [0.1, 0.15) is 31.7 Å². The summed E-state index contributed by atoms with van der Waals surface area (Å²) in [5, 5.41) is 2.14. The van der Waals surface area contributed by atoms with E-state index in [1.807, 2.05) is 6.92 Å². The molecule has 0 aliphatic carbocycles. The average molecular weight is 574 g/mol. The van der Waals surface area contributed by atoms with Gasteiger partial charge in [-0.2, -0.15) is 21.6 Å². The van der Waals surface area contributed by atoms with Gasteiger partial charge in [0, 0.05) is 30.8 Å². The number of benzene rings is 3. The molecule has 0 aliphatic heterocycles. The number of urea groups is 1. The minimum absolute atomic E-state index is 0.0165. The van der Waals surface area contributed by atoms with Crippen LogP contribution in [-0.4, -0.2) is 31.4 Å². The molecule has 3 rings (SSSR count). The number of nitrogens with zero attached hydrogens (tertiary/aromatic N) is 1. The van der Waals surface area contributed by atoms with Gasteiger partial charge in [0.25, 0.3) is 0 Å². The lowest BCUT2D eigenvalue weighted by atomic mass is 10.0. The third kappa shape index (κ3) is 7.65. The molecule has 39 heavy (non-hydrogen) atoms. The largest absolute Gasteiger partial charge is 0.516 e. The van der Waals surface area contributed by atoms with Gasteiger partial charge in [0.2, 0.25) is 0 Å². The summed E-state index contributed by atoms with van der Waals surface area (Å²) in [6, 6.07) is 11.9. The molecule has 0 saturated heterocycles. The molecule has 0 atom stereocenters. The lowest BCUT2D eigenvalue weighted by molar-refractivity contribution is -0.0429. The highest BCUT2D eigenvalue weighted by molar-refractivity contribution is 7.93. The number of hydrogen-bond acceptors (Lipinski definition) is 3. The first kappa shape index (κ1) is 29.8. The Morgan fingerprint density at radius 3 is 2.13 bits per heavy atom. The van der Waals surface area contributed by atoms with Gasteiger partial charge in [-0.15, -0.1) is 0 Å².